The van der Waals surface area contributed by atoms with Gasteiger partial charge in [-0.25, -0.2) is 0 Å². The molecule has 0 saturated heterocycles. The zero-order valence-corrected chi connectivity index (χ0v) is 17.4. The van der Waals surface area contributed by atoms with E-state index in [0.717, 1.165) is 11.0 Å². The molecular formula is C23H45N2+. The molecule has 0 unspecified atom stereocenters. The Balaban J connectivity index is 0.00000576. The van der Waals surface area contributed by atoms with Gasteiger partial charge in [0.15, 0.2) is 0 Å². The van der Waals surface area contributed by atoms with Crippen LogP contribution in [-0.4, -0.2) is 25.1 Å². The molecule has 25 heavy (non-hydrogen) atoms. The van der Waals surface area contributed by atoms with Crippen LogP contribution in [0.4, 0.5) is 0 Å². The maximum Gasteiger partial charge on any atom is 0.104 e. The average Bonchev–Trinajstić information content (AvgIpc) is 2.56. The lowest BCUT2D eigenvalue weighted by Crippen LogP contribution is -2.39. The topological polar surface area (TPSA) is 35.0 Å². The van der Waals surface area contributed by atoms with E-state index in [0.29, 0.717) is 0 Å². The van der Waals surface area contributed by atoms with E-state index in [1.165, 1.54) is 89.2 Å². The van der Waals surface area contributed by atoms with E-state index in [1.54, 1.807) is 0 Å². The van der Waals surface area contributed by atoms with Crippen molar-refractivity contribution in [2.45, 2.75) is 90.5 Å². The summed E-state index contributed by atoms with van der Waals surface area (Å²) in [7, 11) is 4.73. The predicted octanol–water partition coefficient (Wildman–Crippen LogP) is 7.13. The van der Waals surface area contributed by atoms with Crippen LogP contribution < -0.4 is 6.15 Å². The molecule has 0 amide bonds. The number of unbranched alkanes of at least 4 members (excludes halogenated alkanes) is 11. The third-order valence-electron chi connectivity index (χ3n) is 5.07. The first-order valence-electron chi connectivity index (χ1n) is 10.5. The van der Waals surface area contributed by atoms with Crippen molar-refractivity contribution in [3.8, 4) is 0 Å². The number of benzene rings is 1. The van der Waals surface area contributed by atoms with Gasteiger partial charge < -0.3 is 10.6 Å². The summed E-state index contributed by atoms with van der Waals surface area (Å²) in [6, 6.07) is 10.9. The van der Waals surface area contributed by atoms with Gasteiger partial charge >= 0.3 is 0 Å². The van der Waals surface area contributed by atoms with Crippen LogP contribution in [0.2, 0.25) is 0 Å². The molecule has 0 saturated carbocycles. The summed E-state index contributed by atoms with van der Waals surface area (Å²) in [6.07, 6.45) is 17.2. The van der Waals surface area contributed by atoms with Crippen LogP contribution in [-0.2, 0) is 6.54 Å². The molecule has 0 aliphatic carbocycles. The molecule has 0 radical (unpaired) electrons. The summed E-state index contributed by atoms with van der Waals surface area (Å²) in [4.78, 5) is 0. The highest BCUT2D eigenvalue weighted by Gasteiger charge is 2.14. The summed E-state index contributed by atoms with van der Waals surface area (Å²) in [5.74, 6) is 0. The Morgan fingerprint density at radius 2 is 1.08 bits per heavy atom. The fourth-order valence-corrected chi connectivity index (χ4v) is 3.54. The van der Waals surface area contributed by atoms with E-state index in [9.17, 15) is 0 Å². The summed E-state index contributed by atoms with van der Waals surface area (Å²) >= 11 is 0. The molecule has 2 heteroatoms. The molecule has 2 nitrogen and oxygen atoms in total. The molecule has 1 aromatic carbocycles. The van der Waals surface area contributed by atoms with Crippen LogP contribution in [0, 0.1) is 0 Å². The number of nitrogens with zero attached hydrogens (tertiary/aromatic N) is 1. The van der Waals surface area contributed by atoms with Crippen LogP contribution in [0.1, 0.15) is 89.5 Å². The second-order valence-electron chi connectivity index (χ2n) is 8.19. The Bertz CT molecular complexity index is 386. The minimum Gasteiger partial charge on any atom is -0.344 e. The van der Waals surface area contributed by atoms with Gasteiger partial charge in [-0.3, -0.25) is 0 Å². The minimum atomic E-state index is 0. The molecule has 3 N–H and O–H groups in total. The lowest BCUT2D eigenvalue weighted by atomic mass is 10.1. The largest absolute Gasteiger partial charge is 0.344 e. The number of rotatable bonds is 15. The molecule has 146 valence electrons. The van der Waals surface area contributed by atoms with Gasteiger partial charge in [0.1, 0.15) is 6.54 Å². The maximum absolute atomic E-state index is 2.37. The van der Waals surface area contributed by atoms with Gasteiger partial charge in [0.25, 0.3) is 0 Å². The van der Waals surface area contributed by atoms with Crippen molar-refractivity contribution < 1.29 is 4.48 Å². The van der Waals surface area contributed by atoms with Crippen molar-refractivity contribution in [3.05, 3.63) is 35.9 Å². The molecular weight excluding hydrogens is 304 g/mol. The molecule has 0 atom stereocenters. The van der Waals surface area contributed by atoms with E-state index in [4.69, 9.17) is 0 Å². The van der Waals surface area contributed by atoms with Crippen LogP contribution in [0.15, 0.2) is 30.3 Å². The SMILES string of the molecule is CCCCCCCCCCCCCC[N+](C)(C)Cc1ccccc1.N. The first-order valence-corrected chi connectivity index (χ1v) is 10.5. The average molecular weight is 350 g/mol. The van der Waals surface area contributed by atoms with Gasteiger partial charge in [0.2, 0.25) is 0 Å². The lowest BCUT2D eigenvalue weighted by molar-refractivity contribution is -0.903. The molecule has 0 bridgehead atoms. The molecule has 1 rings (SSSR count). The Kier molecular flexibility index (Phi) is 14.9. The highest BCUT2D eigenvalue weighted by molar-refractivity contribution is 5.13. The van der Waals surface area contributed by atoms with Crippen LogP contribution >= 0.6 is 0 Å². The zero-order valence-electron chi connectivity index (χ0n) is 17.4. The van der Waals surface area contributed by atoms with Gasteiger partial charge in [0.05, 0.1) is 20.6 Å². The molecule has 0 aliphatic heterocycles. The smallest absolute Gasteiger partial charge is 0.104 e. The highest BCUT2D eigenvalue weighted by atomic mass is 15.3. The van der Waals surface area contributed by atoms with E-state index >= 15 is 0 Å². The summed E-state index contributed by atoms with van der Waals surface area (Å²) in [6.45, 7) is 4.74. The van der Waals surface area contributed by atoms with E-state index in [-0.39, 0.29) is 6.15 Å². The maximum atomic E-state index is 2.37. The second kappa shape index (κ2) is 15.4. The van der Waals surface area contributed by atoms with Gasteiger partial charge in [-0.15, -0.1) is 0 Å². The van der Waals surface area contributed by atoms with Gasteiger partial charge in [0, 0.05) is 5.56 Å². The fraction of sp³-hybridized carbons (Fsp3) is 0.739. The third-order valence-corrected chi connectivity index (χ3v) is 5.07. The third kappa shape index (κ3) is 14.0. The second-order valence-corrected chi connectivity index (χ2v) is 8.19. The number of hydrogen-bond acceptors (Lipinski definition) is 1. The van der Waals surface area contributed by atoms with Crippen molar-refractivity contribution in [2.24, 2.45) is 0 Å². The normalized spacial score (nSPS) is 11.3. The zero-order chi connectivity index (χ0) is 17.5. The van der Waals surface area contributed by atoms with Gasteiger partial charge in [-0.1, -0.05) is 101 Å². The van der Waals surface area contributed by atoms with E-state index in [2.05, 4.69) is 51.4 Å². The Morgan fingerprint density at radius 1 is 0.640 bits per heavy atom. The Hall–Kier alpha value is -0.860. The van der Waals surface area contributed by atoms with Crippen molar-refractivity contribution in [1.29, 1.82) is 0 Å². The molecule has 0 aromatic heterocycles. The van der Waals surface area contributed by atoms with Gasteiger partial charge in [-0.2, -0.15) is 0 Å². The predicted molar refractivity (Wildman–Crippen MR) is 113 cm³/mol. The highest BCUT2D eigenvalue weighted by Crippen LogP contribution is 2.14. The quantitative estimate of drug-likeness (QED) is 0.265. The fourth-order valence-electron chi connectivity index (χ4n) is 3.54. The van der Waals surface area contributed by atoms with Crippen LogP contribution in [0.3, 0.4) is 0 Å². The summed E-state index contributed by atoms with van der Waals surface area (Å²) < 4.78 is 1.11. The Labute approximate surface area is 158 Å². The van der Waals surface area contributed by atoms with E-state index in [1.807, 2.05) is 0 Å². The Morgan fingerprint density at radius 3 is 1.56 bits per heavy atom. The summed E-state index contributed by atoms with van der Waals surface area (Å²) in [5, 5.41) is 0. The first kappa shape index (κ1) is 24.1. The summed E-state index contributed by atoms with van der Waals surface area (Å²) in [5.41, 5.74) is 1.46. The molecule has 0 spiro atoms. The van der Waals surface area contributed by atoms with Crippen molar-refractivity contribution >= 4 is 0 Å². The first-order chi connectivity index (χ1) is 11.6. The number of quaternary nitrogens is 1. The standard InChI is InChI=1S/C23H42N.H3N/c1-4-5-6-7-8-9-10-11-12-13-14-18-21-24(2,3)22-23-19-16-15-17-20-23;/h15-17,19-20H,4-14,18,21-22H2,1-3H3;1H3/q+1;. The van der Waals surface area contributed by atoms with Crippen molar-refractivity contribution in [1.82, 2.24) is 6.15 Å². The number of hydrogen-bond donors (Lipinski definition) is 1. The molecule has 0 heterocycles. The lowest BCUT2D eigenvalue weighted by Gasteiger charge is -2.30. The molecule has 0 fully saturated rings. The molecule has 0 aliphatic rings. The monoisotopic (exact) mass is 349 g/mol. The van der Waals surface area contributed by atoms with Crippen LogP contribution in [0.25, 0.3) is 0 Å². The molecule has 1 aromatic rings. The van der Waals surface area contributed by atoms with Gasteiger partial charge in [-0.05, 0) is 12.8 Å². The minimum absolute atomic E-state index is 0. The van der Waals surface area contributed by atoms with Crippen LogP contribution in [0.5, 0.6) is 0 Å². The van der Waals surface area contributed by atoms with E-state index < -0.39 is 0 Å². The van der Waals surface area contributed by atoms with Crippen molar-refractivity contribution in [2.75, 3.05) is 20.6 Å². The van der Waals surface area contributed by atoms with Crippen molar-refractivity contribution in [3.63, 3.8) is 0 Å².